The lowest BCUT2D eigenvalue weighted by atomic mass is 10.1. The summed E-state index contributed by atoms with van der Waals surface area (Å²) in [6.07, 6.45) is 15.5. The Morgan fingerprint density at radius 1 is 0.800 bits per heavy atom. The molecule has 2 heteroatoms. The van der Waals surface area contributed by atoms with Gasteiger partial charge in [-0.1, -0.05) is 77.1 Å². The minimum atomic E-state index is -0.393. The average Bonchev–Trinajstić information content (AvgIpc) is 2.44. The third kappa shape index (κ3) is 15.1. The molecule has 0 aromatic rings. The highest BCUT2D eigenvalue weighted by molar-refractivity contribution is 5.88. The molecular formula is C18H32O2. The van der Waals surface area contributed by atoms with Gasteiger partial charge in [-0.15, -0.1) is 0 Å². The van der Waals surface area contributed by atoms with Crippen LogP contribution in [0, 0.1) is 11.8 Å². The Labute approximate surface area is 125 Å². The van der Waals surface area contributed by atoms with Crippen LogP contribution in [0.3, 0.4) is 0 Å². The molecule has 2 nitrogen and oxygen atoms in total. The SMILES string of the molecule is CCCCCCCCCCCCCC#CC(=O)OCC. The van der Waals surface area contributed by atoms with E-state index in [1.54, 1.807) is 6.92 Å². The van der Waals surface area contributed by atoms with Crippen LogP contribution >= 0.6 is 0 Å². The van der Waals surface area contributed by atoms with Crippen molar-refractivity contribution >= 4 is 5.97 Å². The molecule has 0 spiro atoms. The Kier molecular flexibility index (Phi) is 15.3. The number of esters is 1. The zero-order valence-corrected chi connectivity index (χ0v) is 13.5. The van der Waals surface area contributed by atoms with E-state index in [2.05, 4.69) is 18.8 Å². The van der Waals surface area contributed by atoms with Crippen molar-refractivity contribution in [1.82, 2.24) is 0 Å². The molecule has 0 radical (unpaired) electrons. The maximum absolute atomic E-state index is 10.9. The summed E-state index contributed by atoms with van der Waals surface area (Å²) < 4.78 is 4.74. The van der Waals surface area contributed by atoms with Gasteiger partial charge in [0.2, 0.25) is 0 Å². The second-order valence-corrected chi connectivity index (χ2v) is 5.31. The molecule has 0 amide bonds. The molecule has 0 bridgehead atoms. The van der Waals surface area contributed by atoms with Crippen molar-refractivity contribution in [1.29, 1.82) is 0 Å². The molecule has 0 aliphatic rings. The molecule has 0 saturated carbocycles. The number of hydrogen-bond donors (Lipinski definition) is 0. The standard InChI is InChI=1S/C18H32O2/c1-3-5-6-7-8-9-10-11-12-13-14-15-16-17-18(19)20-4-2/h3-15H2,1-2H3. The number of carbonyl (C=O) groups excluding carboxylic acids is 1. The van der Waals surface area contributed by atoms with Gasteiger partial charge in [0.15, 0.2) is 0 Å². The number of unbranched alkanes of at least 4 members (excludes halogenated alkanes) is 11. The summed E-state index contributed by atoms with van der Waals surface area (Å²) in [5.74, 6) is 4.99. The fourth-order valence-electron chi connectivity index (χ4n) is 2.18. The van der Waals surface area contributed by atoms with Gasteiger partial charge in [0.05, 0.1) is 6.61 Å². The number of ether oxygens (including phenoxy) is 1. The van der Waals surface area contributed by atoms with E-state index < -0.39 is 5.97 Å². The van der Waals surface area contributed by atoms with Crippen molar-refractivity contribution in [3.05, 3.63) is 0 Å². The van der Waals surface area contributed by atoms with Gasteiger partial charge in [0, 0.05) is 12.3 Å². The van der Waals surface area contributed by atoms with E-state index in [1.165, 1.54) is 64.2 Å². The van der Waals surface area contributed by atoms with Crippen LogP contribution in [0.5, 0.6) is 0 Å². The van der Waals surface area contributed by atoms with Gasteiger partial charge >= 0.3 is 5.97 Å². The first-order valence-corrected chi connectivity index (χ1v) is 8.46. The monoisotopic (exact) mass is 280 g/mol. The summed E-state index contributed by atoms with van der Waals surface area (Å²) in [6, 6.07) is 0. The lowest BCUT2D eigenvalue weighted by Gasteiger charge is -2.01. The molecule has 0 saturated heterocycles. The summed E-state index contributed by atoms with van der Waals surface area (Å²) >= 11 is 0. The topological polar surface area (TPSA) is 26.3 Å². The van der Waals surface area contributed by atoms with Gasteiger partial charge in [0.25, 0.3) is 0 Å². The third-order valence-corrected chi connectivity index (χ3v) is 3.37. The number of rotatable bonds is 12. The predicted octanol–water partition coefficient (Wildman–Crippen LogP) is 5.25. The summed E-state index contributed by atoms with van der Waals surface area (Å²) in [5, 5.41) is 0. The Morgan fingerprint density at radius 3 is 1.80 bits per heavy atom. The van der Waals surface area contributed by atoms with Crippen molar-refractivity contribution in [3.63, 3.8) is 0 Å². The van der Waals surface area contributed by atoms with Crippen LogP contribution in [0.1, 0.15) is 90.9 Å². The summed E-state index contributed by atoms with van der Waals surface area (Å²) in [6.45, 7) is 4.46. The van der Waals surface area contributed by atoms with Crippen LogP contribution in [0.4, 0.5) is 0 Å². The molecule has 0 aromatic heterocycles. The Balaban J connectivity index is 3.15. The van der Waals surface area contributed by atoms with Crippen LogP contribution < -0.4 is 0 Å². The van der Waals surface area contributed by atoms with E-state index in [9.17, 15) is 4.79 Å². The van der Waals surface area contributed by atoms with Crippen molar-refractivity contribution in [3.8, 4) is 11.8 Å². The first kappa shape index (κ1) is 19.0. The van der Waals surface area contributed by atoms with Crippen LogP contribution in [-0.2, 0) is 9.53 Å². The summed E-state index contributed by atoms with van der Waals surface area (Å²) in [4.78, 5) is 10.9. The van der Waals surface area contributed by atoms with Gasteiger partial charge < -0.3 is 4.74 Å². The largest absolute Gasteiger partial charge is 0.456 e. The Bertz CT molecular complexity index is 273. The molecule has 0 fully saturated rings. The molecule has 0 N–H and O–H groups in total. The van der Waals surface area contributed by atoms with Crippen LogP contribution in [0.25, 0.3) is 0 Å². The minimum Gasteiger partial charge on any atom is -0.456 e. The second-order valence-electron chi connectivity index (χ2n) is 5.31. The second kappa shape index (κ2) is 16.1. The quantitative estimate of drug-likeness (QED) is 0.211. The number of carbonyl (C=O) groups is 1. The van der Waals surface area contributed by atoms with Crippen LogP contribution in [-0.4, -0.2) is 12.6 Å². The Hall–Kier alpha value is -0.970. The van der Waals surface area contributed by atoms with E-state index in [0.29, 0.717) is 6.61 Å². The first-order valence-electron chi connectivity index (χ1n) is 8.46. The average molecular weight is 280 g/mol. The highest BCUT2D eigenvalue weighted by atomic mass is 16.5. The van der Waals surface area contributed by atoms with E-state index in [-0.39, 0.29) is 0 Å². The summed E-state index contributed by atoms with van der Waals surface area (Å²) in [7, 11) is 0. The van der Waals surface area contributed by atoms with E-state index in [4.69, 9.17) is 4.74 Å². The molecule has 0 heterocycles. The molecule has 0 rings (SSSR count). The predicted molar refractivity (Wildman–Crippen MR) is 85.5 cm³/mol. The van der Waals surface area contributed by atoms with E-state index in [0.717, 1.165) is 12.8 Å². The fraction of sp³-hybridized carbons (Fsp3) is 0.833. The molecule has 20 heavy (non-hydrogen) atoms. The van der Waals surface area contributed by atoms with Crippen LogP contribution in [0.2, 0.25) is 0 Å². The van der Waals surface area contributed by atoms with Crippen molar-refractivity contribution < 1.29 is 9.53 Å². The number of hydrogen-bond acceptors (Lipinski definition) is 2. The molecule has 0 aromatic carbocycles. The van der Waals surface area contributed by atoms with Gasteiger partial charge in [-0.3, -0.25) is 0 Å². The lowest BCUT2D eigenvalue weighted by molar-refractivity contribution is -0.136. The van der Waals surface area contributed by atoms with Gasteiger partial charge in [-0.2, -0.15) is 0 Å². The zero-order valence-electron chi connectivity index (χ0n) is 13.5. The Morgan fingerprint density at radius 2 is 1.30 bits per heavy atom. The highest BCUT2D eigenvalue weighted by Gasteiger charge is 1.93. The fourth-order valence-corrected chi connectivity index (χ4v) is 2.18. The maximum atomic E-state index is 10.9. The lowest BCUT2D eigenvalue weighted by Crippen LogP contribution is -1.99. The van der Waals surface area contributed by atoms with Crippen molar-refractivity contribution in [2.75, 3.05) is 6.61 Å². The minimum absolute atomic E-state index is 0.393. The highest BCUT2D eigenvalue weighted by Crippen LogP contribution is 2.11. The molecule has 0 atom stereocenters. The smallest absolute Gasteiger partial charge is 0.384 e. The normalized spacial score (nSPS) is 9.90. The van der Waals surface area contributed by atoms with Gasteiger partial charge in [-0.05, 0) is 13.3 Å². The van der Waals surface area contributed by atoms with E-state index >= 15 is 0 Å². The summed E-state index contributed by atoms with van der Waals surface area (Å²) in [5.41, 5.74) is 0. The first-order chi connectivity index (χ1) is 9.81. The molecule has 0 aliphatic carbocycles. The molecule has 116 valence electrons. The van der Waals surface area contributed by atoms with Gasteiger partial charge in [0.1, 0.15) is 0 Å². The van der Waals surface area contributed by atoms with Crippen LogP contribution in [0.15, 0.2) is 0 Å². The van der Waals surface area contributed by atoms with Gasteiger partial charge in [-0.25, -0.2) is 4.79 Å². The maximum Gasteiger partial charge on any atom is 0.384 e. The van der Waals surface area contributed by atoms with E-state index in [1.807, 2.05) is 0 Å². The third-order valence-electron chi connectivity index (χ3n) is 3.37. The molecule has 0 unspecified atom stereocenters. The van der Waals surface area contributed by atoms with Crippen molar-refractivity contribution in [2.45, 2.75) is 90.9 Å². The van der Waals surface area contributed by atoms with Crippen molar-refractivity contribution in [2.24, 2.45) is 0 Å². The molecule has 0 aliphatic heterocycles. The molecular weight excluding hydrogens is 248 g/mol. The zero-order chi connectivity index (χ0) is 14.9.